The molecule has 0 bridgehead atoms. The van der Waals surface area contributed by atoms with Gasteiger partial charge >= 0.3 is 0 Å². The lowest BCUT2D eigenvalue weighted by Gasteiger charge is -2.31. The Morgan fingerprint density at radius 2 is 2.47 bits per heavy atom. The molecule has 1 fully saturated rings. The van der Waals surface area contributed by atoms with Crippen LogP contribution < -0.4 is 0 Å². The molecule has 0 N–H and O–H groups in total. The molecule has 92 valence electrons. The highest BCUT2D eigenvalue weighted by Gasteiger charge is 2.23. The molecule has 0 aromatic carbocycles. The Hall–Kier alpha value is -1.20. The average Bonchev–Trinajstić information content (AvgIpc) is 2.32. The highest BCUT2D eigenvalue weighted by atomic mass is 35.5. The Balaban J connectivity index is 2.15. The number of aromatic nitrogens is 1. The maximum atomic E-state index is 13.2. The number of pyridine rings is 1. The van der Waals surface area contributed by atoms with Crippen LogP contribution in [-0.4, -0.2) is 41.6 Å². The predicted molar refractivity (Wildman–Crippen MR) is 60.5 cm³/mol. The van der Waals surface area contributed by atoms with Crippen molar-refractivity contribution in [3.8, 4) is 0 Å². The molecule has 1 saturated heterocycles. The Bertz CT molecular complexity index is 441. The number of carbonyl (C=O) groups excluding carboxylic acids is 1. The van der Waals surface area contributed by atoms with Gasteiger partial charge in [-0.2, -0.15) is 0 Å². The third-order valence-corrected chi connectivity index (χ3v) is 2.85. The largest absolute Gasteiger partial charge is 0.375 e. The normalized spacial score (nSPS) is 20.4. The molecule has 2 heterocycles. The zero-order valence-electron chi connectivity index (χ0n) is 9.32. The van der Waals surface area contributed by atoms with Crippen LogP contribution in [0.4, 0.5) is 4.39 Å². The van der Waals surface area contributed by atoms with Gasteiger partial charge in [0.1, 0.15) is 0 Å². The molecule has 1 amide bonds. The molecule has 1 aliphatic heterocycles. The molecule has 0 spiro atoms. The Kier molecular flexibility index (Phi) is 3.59. The monoisotopic (exact) mass is 258 g/mol. The molecule has 17 heavy (non-hydrogen) atoms. The minimum absolute atomic E-state index is 0.00203. The van der Waals surface area contributed by atoms with Gasteiger partial charge in [0.05, 0.1) is 18.3 Å². The van der Waals surface area contributed by atoms with Crippen LogP contribution in [0.2, 0.25) is 5.15 Å². The van der Waals surface area contributed by atoms with E-state index in [9.17, 15) is 9.18 Å². The molecule has 1 aliphatic rings. The molecular weight excluding hydrogens is 247 g/mol. The summed E-state index contributed by atoms with van der Waals surface area (Å²) >= 11 is 5.46. The van der Waals surface area contributed by atoms with Gasteiger partial charge in [-0.25, -0.2) is 9.37 Å². The second-order valence-corrected chi connectivity index (χ2v) is 4.29. The van der Waals surface area contributed by atoms with Crippen LogP contribution in [0.15, 0.2) is 12.3 Å². The van der Waals surface area contributed by atoms with Gasteiger partial charge in [0.15, 0.2) is 11.0 Å². The molecule has 1 aromatic heterocycles. The fourth-order valence-electron chi connectivity index (χ4n) is 1.72. The molecule has 4 nitrogen and oxygen atoms in total. The summed E-state index contributed by atoms with van der Waals surface area (Å²) in [6.07, 6.45) is 1.28. The lowest BCUT2D eigenvalue weighted by molar-refractivity contribution is -0.0124. The number of halogens is 2. The van der Waals surface area contributed by atoms with E-state index >= 15 is 0 Å². The number of rotatable bonds is 1. The molecule has 1 atom stereocenters. The van der Waals surface area contributed by atoms with E-state index in [-0.39, 0.29) is 22.7 Å². The van der Waals surface area contributed by atoms with Crippen molar-refractivity contribution in [2.75, 3.05) is 19.7 Å². The third-order valence-electron chi connectivity index (χ3n) is 2.57. The van der Waals surface area contributed by atoms with Gasteiger partial charge in [-0.1, -0.05) is 11.6 Å². The van der Waals surface area contributed by atoms with Crippen molar-refractivity contribution in [2.45, 2.75) is 13.0 Å². The topological polar surface area (TPSA) is 42.4 Å². The Labute approximate surface area is 103 Å². The number of hydrogen-bond acceptors (Lipinski definition) is 3. The first-order valence-electron chi connectivity index (χ1n) is 5.30. The fourth-order valence-corrected chi connectivity index (χ4v) is 1.83. The van der Waals surface area contributed by atoms with Gasteiger partial charge in [-0.3, -0.25) is 4.79 Å². The number of carbonyl (C=O) groups is 1. The van der Waals surface area contributed by atoms with E-state index in [0.717, 1.165) is 6.07 Å². The first kappa shape index (κ1) is 12.3. The summed E-state index contributed by atoms with van der Waals surface area (Å²) in [6.45, 7) is 3.40. The summed E-state index contributed by atoms with van der Waals surface area (Å²) in [7, 11) is 0. The summed E-state index contributed by atoms with van der Waals surface area (Å²) in [6, 6.07) is 1.11. The van der Waals surface area contributed by atoms with Crippen molar-refractivity contribution in [3.63, 3.8) is 0 Å². The SMILES string of the molecule is C[C@H]1CN(C(=O)c2cnc(Cl)c(F)c2)CCO1. The summed E-state index contributed by atoms with van der Waals surface area (Å²) in [5.41, 5.74) is 0.209. The van der Waals surface area contributed by atoms with Crippen LogP contribution >= 0.6 is 11.6 Å². The Morgan fingerprint density at radius 3 is 3.12 bits per heavy atom. The molecule has 0 saturated carbocycles. The van der Waals surface area contributed by atoms with E-state index in [1.54, 1.807) is 4.90 Å². The standard InChI is InChI=1S/C11H12ClFN2O2/c1-7-6-15(2-3-17-7)11(16)8-4-9(13)10(12)14-5-8/h4-5,7H,2-3,6H2,1H3/t7-/m0/s1. The number of morpholine rings is 1. The van der Waals surface area contributed by atoms with Crippen molar-refractivity contribution in [3.05, 3.63) is 28.8 Å². The van der Waals surface area contributed by atoms with E-state index in [2.05, 4.69) is 4.98 Å². The zero-order valence-corrected chi connectivity index (χ0v) is 10.1. The van der Waals surface area contributed by atoms with Crippen LogP contribution in [0.3, 0.4) is 0 Å². The van der Waals surface area contributed by atoms with Gasteiger partial charge in [0, 0.05) is 19.3 Å². The Morgan fingerprint density at radius 1 is 1.71 bits per heavy atom. The van der Waals surface area contributed by atoms with E-state index in [1.807, 2.05) is 6.92 Å². The van der Waals surface area contributed by atoms with Gasteiger partial charge in [0.25, 0.3) is 5.91 Å². The third kappa shape index (κ3) is 2.73. The molecule has 0 aliphatic carbocycles. The summed E-state index contributed by atoms with van der Waals surface area (Å²) < 4.78 is 18.5. The molecule has 6 heteroatoms. The van der Waals surface area contributed by atoms with Gasteiger partial charge < -0.3 is 9.64 Å². The van der Waals surface area contributed by atoms with E-state index in [0.29, 0.717) is 19.7 Å². The van der Waals surface area contributed by atoms with Crippen LogP contribution in [0.25, 0.3) is 0 Å². The summed E-state index contributed by atoms with van der Waals surface area (Å²) in [5, 5.41) is -0.225. The highest BCUT2D eigenvalue weighted by Crippen LogP contribution is 2.15. The van der Waals surface area contributed by atoms with Gasteiger partial charge in [-0.05, 0) is 13.0 Å². The minimum atomic E-state index is -0.682. The van der Waals surface area contributed by atoms with Gasteiger partial charge in [-0.15, -0.1) is 0 Å². The molecule has 2 rings (SSSR count). The van der Waals surface area contributed by atoms with E-state index in [4.69, 9.17) is 16.3 Å². The number of hydrogen-bond donors (Lipinski definition) is 0. The van der Waals surface area contributed by atoms with Crippen LogP contribution in [0.1, 0.15) is 17.3 Å². The maximum absolute atomic E-state index is 13.2. The number of amides is 1. The molecule has 1 aromatic rings. The number of nitrogens with zero attached hydrogens (tertiary/aromatic N) is 2. The zero-order chi connectivity index (χ0) is 12.4. The quantitative estimate of drug-likeness (QED) is 0.721. The second kappa shape index (κ2) is 4.98. The lowest BCUT2D eigenvalue weighted by atomic mass is 10.2. The van der Waals surface area contributed by atoms with Crippen LogP contribution in [-0.2, 0) is 4.74 Å². The smallest absolute Gasteiger partial charge is 0.255 e. The second-order valence-electron chi connectivity index (χ2n) is 3.93. The minimum Gasteiger partial charge on any atom is -0.375 e. The van der Waals surface area contributed by atoms with Crippen molar-refractivity contribution < 1.29 is 13.9 Å². The predicted octanol–water partition coefficient (Wildman–Crippen LogP) is 1.74. The fraction of sp³-hybridized carbons (Fsp3) is 0.455. The number of ether oxygens (including phenoxy) is 1. The summed E-state index contributed by atoms with van der Waals surface area (Å²) in [4.78, 5) is 17.3. The van der Waals surface area contributed by atoms with Gasteiger partial charge in [0.2, 0.25) is 0 Å². The maximum Gasteiger partial charge on any atom is 0.255 e. The summed E-state index contributed by atoms with van der Waals surface area (Å²) in [5.74, 6) is -0.929. The van der Waals surface area contributed by atoms with Crippen molar-refractivity contribution in [1.29, 1.82) is 0 Å². The molecular formula is C11H12ClFN2O2. The van der Waals surface area contributed by atoms with E-state index < -0.39 is 5.82 Å². The molecule has 0 unspecified atom stereocenters. The average molecular weight is 259 g/mol. The lowest BCUT2D eigenvalue weighted by Crippen LogP contribution is -2.44. The molecule has 0 radical (unpaired) electrons. The first-order valence-corrected chi connectivity index (χ1v) is 5.67. The van der Waals surface area contributed by atoms with E-state index in [1.165, 1.54) is 6.20 Å². The first-order chi connectivity index (χ1) is 8.08. The van der Waals surface area contributed by atoms with Crippen LogP contribution in [0, 0.1) is 5.82 Å². The van der Waals surface area contributed by atoms with Crippen molar-refractivity contribution in [1.82, 2.24) is 9.88 Å². The van der Waals surface area contributed by atoms with Crippen molar-refractivity contribution >= 4 is 17.5 Å². The van der Waals surface area contributed by atoms with Crippen LogP contribution in [0.5, 0.6) is 0 Å². The highest BCUT2D eigenvalue weighted by molar-refractivity contribution is 6.29. The van der Waals surface area contributed by atoms with Crippen molar-refractivity contribution in [2.24, 2.45) is 0 Å².